The van der Waals surface area contributed by atoms with Crippen LogP contribution < -0.4 is 0 Å². The SMILES string of the molecule is O=C(N1CCOCC1)N1CCC(c2ccc3cc(-c4cncnc4)cnc3n2)CC1. The first-order chi connectivity index (χ1) is 14.8. The molecule has 30 heavy (non-hydrogen) atoms. The lowest BCUT2D eigenvalue weighted by atomic mass is 9.93. The van der Waals surface area contributed by atoms with Gasteiger partial charge in [0, 0.05) is 72.9 Å². The molecule has 8 heteroatoms. The number of rotatable bonds is 2. The predicted octanol–water partition coefficient (Wildman–Crippen LogP) is 2.72. The summed E-state index contributed by atoms with van der Waals surface area (Å²) in [5.74, 6) is 0.354. The molecule has 0 unspecified atom stereocenters. The molecular weight excluding hydrogens is 380 g/mol. The Labute approximate surface area is 174 Å². The van der Waals surface area contributed by atoms with Crippen molar-refractivity contribution in [3.05, 3.63) is 48.8 Å². The summed E-state index contributed by atoms with van der Waals surface area (Å²) >= 11 is 0. The Balaban J connectivity index is 1.27. The number of hydrogen-bond acceptors (Lipinski definition) is 6. The van der Waals surface area contributed by atoms with E-state index in [0.717, 1.165) is 53.8 Å². The summed E-state index contributed by atoms with van der Waals surface area (Å²) in [5, 5.41) is 1.00. The van der Waals surface area contributed by atoms with Crippen LogP contribution in [0.25, 0.3) is 22.2 Å². The van der Waals surface area contributed by atoms with Crippen LogP contribution in [0.1, 0.15) is 24.5 Å². The van der Waals surface area contributed by atoms with E-state index in [2.05, 4.69) is 33.2 Å². The number of urea groups is 1. The molecule has 2 amide bonds. The van der Waals surface area contributed by atoms with Gasteiger partial charge in [0.25, 0.3) is 0 Å². The van der Waals surface area contributed by atoms with Crippen LogP contribution in [0.3, 0.4) is 0 Å². The van der Waals surface area contributed by atoms with Crippen LogP contribution in [0.4, 0.5) is 4.79 Å². The Morgan fingerprint density at radius 2 is 1.67 bits per heavy atom. The molecule has 0 atom stereocenters. The highest BCUT2D eigenvalue weighted by Crippen LogP contribution is 2.29. The topological polar surface area (TPSA) is 84.3 Å². The summed E-state index contributed by atoms with van der Waals surface area (Å²) < 4.78 is 5.35. The van der Waals surface area contributed by atoms with Gasteiger partial charge in [0.15, 0.2) is 5.65 Å². The minimum Gasteiger partial charge on any atom is -0.378 e. The summed E-state index contributed by atoms with van der Waals surface area (Å²) in [4.78, 5) is 34.1. The first-order valence-corrected chi connectivity index (χ1v) is 10.4. The third-order valence-corrected chi connectivity index (χ3v) is 5.92. The van der Waals surface area contributed by atoms with Crippen molar-refractivity contribution in [3.8, 4) is 11.1 Å². The lowest BCUT2D eigenvalue weighted by Gasteiger charge is -2.37. The van der Waals surface area contributed by atoms with Gasteiger partial charge >= 0.3 is 6.03 Å². The van der Waals surface area contributed by atoms with Crippen molar-refractivity contribution in [1.82, 2.24) is 29.7 Å². The first kappa shape index (κ1) is 18.9. The minimum atomic E-state index is 0.141. The van der Waals surface area contributed by atoms with Gasteiger partial charge in [-0.2, -0.15) is 0 Å². The second-order valence-electron chi connectivity index (χ2n) is 7.78. The molecule has 2 aliphatic heterocycles. The first-order valence-electron chi connectivity index (χ1n) is 10.4. The van der Waals surface area contributed by atoms with E-state index in [-0.39, 0.29) is 6.03 Å². The minimum absolute atomic E-state index is 0.141. The average molecular weight is 404 g/mol. The van der Waals surface area contributed by atoms with Crippen LogP contribution in [-0.4, -0.2) is 75.2 Å². The maximum atomic E-state index is 12.7. The van der Waals surface area contributed by atoms with Crippen molar-refractivity contribution in [2.24, 2.45) is 0 Å². The number of fused-ring (bicyclic) bond motifs is 1. The molecule has 0 aromatic carbocycles. The van der Waals surface area contributed by atoms with E-state index in [1.54, 1.807) is 12.4 Å². The maximum absolute atomic E-state index is 12.7. The van der Waals surface area contributed by atoms with Gasteiger partial charge in [-0.15, -0.1) is 0 Å². The van der Waals surface area contributed by atoms with Gasteiger partial charge in [-0.1, -0.05) is 0 Å². The fraction of sp³-hybridized carbons (Fsp3) is 0.409. The number of carbonyl (C=O) groups is 1. The Morgan fingerprint density at radius 3 is 2.43 bits per heavy atom. The molecule has 5 rings (SSSR count). The third kappa shape index (κ3) is 3.82. The zero-order valence-electron chi connectivity index (χ0n) is 16.8. The summed E-state index contributed by atoms with van der Waals surface area (Å²) in [7, 11) is 0. The quantitative estimate of drug-likeness (QED) is 0.653. The number of piperidine rings is 1. The number of pyridine rings is 2. The van der Waals surface area contributed by atoms with Crippen LogP contribution in [0, 0.1) is 0 Å². The van der Waals surface area contributed by atoms with Crippen molar-refractivity contribution < 1.29 is 9.53 Å². The molecule has 8 nitrogen and oxygen atoms in total. The second kappa shape index (κ2) is 8.31. The zero-order chi connectivity index (χ0) is 20.3. The lowest BCUT2D eigenvalue weighted by molar-refractivity contribution is 0.0411. The smallest absolute Gasteiger partial charge is 0.320 e. The number of likely N-dealkylation sites (tertiary alicyclic amines) is 1. The molecule has 0 bridgehead atoms. The molecule has 0 N–H and O–H groups in total. The Hall–Kier alpha value is -3.13. The average Bonchev–Trinajstić information content (AvgIpc) is 2.84. The van der Waals surface area contributed by atoms with E-state index in [0.29, 0.717) is 32.2 Å². The fourth-order valence-corrected chi connectivity index (χ4v) is 4.18. The second-order valence-corrected chi connectivity index (χ2v) is 7.78. The van der Waals surface area contributed by atoms with E-state index in [4.69, 9.17) is 9.72 Å². The highest BCUT2D eigenvalue weighted by atomic mass is 16.5. The molecular formula is C22H24N6O2. The molecule has 154 valence electrons. The number of morpholine rings is 1. The summed E-state index contributed by atoms with van der Waals surface area (Å²) in [5.41, 5.74) is 3.73. The largest absolute Gasteiger partial charge is 0.378 e. The standard InChI is InChI=1S/C22H24N6O2/c29-22(28-7-9-30-10-8-28)27-5-3-16(4-6-27)20-2-1-17-11-18(14-25-21(17)26-20)19-12-23-15-24-13-19/h1-2,11-16H,3-10H2. The van der Waals surface area contributed by atoms with E-state index in [1.807, 2.05) is 16.0 Å². The lowest BCUT2D eigenvalue weighted by Crippen LogP contribution is -2.50. The molecule has 2 fully saturated rings. The zero-order valence-corrected chi connectivity index (χ0v) is 16.8. The number of ether oxygens (including phenoxy) is 1. The number of carbonyl (C=O) groups excluding carboxylic acids is 1. The van der Waals surface area contributed by atoms with E-state index >= 15 is 0 Å². The highest BCUT2D eigenvalue weighted by molar-refractivity contribution is 5.80. The summed E-state index contributed by atoms with van der Waals surface area (Å²) in [6.07, 6.45) is 8.75. The summed E-state index contributed by atoms with van der Waals surface area (Å²) in [6, 6.07) is 6.40. The predicted molar refractivity (Wildman–Crippen MR) is 112 cm³/mol. The monoisotopic (exact) mass is 404 g/mol. The molecule has 2 saturated heterocycles. The van der Waals surface area contributed by atoms with E-state index in [1.165, 1.54) is 6.33 Å². The Morgan fingerprint density at radius 1 is 0.933 bits per heavy atom. The normalized spacial score (nSPS) is 18.0. The van der Waals surface area contributed by atoms with Gasteiger partial charge in [0.2, 0.25) is 0 Å². The molecule has 5 heterocycles. The van der Waals surface area contributed by atoms with Gasteiger partial charge < -0.3 is 14.5 Å². The van der Waals surface area contributed by atoms with Crippen molar-refractivity contribution in [2.45, 2.75) is 18.8 Å². The number of amides is 2. The van der Waals surface area contributed by atoms with Gasteiger partial charge in [0.1, 0.15) is 6.33 Å². The third-order valence-electron chi connectivity index (χ3n) is 5.92. The van der Waals surface area contributed by atoms with E-state index in [9.17, 15) is 4.79 Å². The van der Waals surface area contributed by atoms with Crippen LogP contribution in [0.15, 0.2) is 43.1 Å². The van der Waals surface area contributed by atoms with Gasteiger partial charge in [0.05, 0.1) is 13.2 Å². The van der Waals surface area contributed by atoms with Crippen molar-refractivity contribution >= 4 is 17.1 Å². The molecule has 2 aliphatic rings. The molecule has 0 aliphatic carbocycles. The van der Waals surface area contributed by atoms with Crippen molar-refractivity contribution in [2.75, 3.05) is 39.4 Å². The molecule has 3 aromatic rings. The Bertz CT molecular complexity index is 1030. The molecule has 0 spiro atoms. The molecule has 0 saturated carbocycles. The van der Waals surface area contributed by atoms with Crippen molar-refractivity contribution in [3.63, 3.8) is 0 Å². The molecule has 0 radical (unpaired) electrons. The van der Waals surface area contributed by atoms with Crippen molar-refractivity contribution in [1.29, 1.82) is 0 Å². The number of hydrogen-bond donors (Lipinski definition) is 0. The Kier molecular flexibility index (Phi) is 5.23. The van der Waals surface area contributed by atoms with Crippen LogP contribution >= 0.6 is 0 Å². The fourth-order valence-electron chi connectivity index (χ4n) is 4.18. The number of nitrogens with zero attached hydrogens (tertiary/aromatic N) is 6. The maximum Gasteiger partial charge on any atom is 0.320 e. The summed E-state index contributed by atoms with van der Waals surface area (Å²) in [6.45, 7) is 4.17. The van der Waals surface area contributed by atoms with Gasteiger partial charge in [-0.05, 0) is 31.0 Å². The van der Waals surface area contributed by atoms with Crippen LogP contribution in [0.5, 0.6) is 0 Å². The van der Waals surface area contributed by atoms with Crippen LogP contribution in [-0.2, 0) is 4.74 Å². The number of aromatic nitrogens is 4. The van der Waals surface area contributed by atoms with E-state index < -0.39 is 0 Å². The van der Waals surface area contributed by atoms with Crippen LogP contribution in [0.2, 0.25) is 0 Å². The van der Waals surface area contributed by atoms with Gasteiger partial charge in [-0.3, -0.25) is 0 Å². The van der Waals surface area contributed by atoms with Gasteiger partial charge in [-0.25, -0.2) is 24.7 Å². The molecule has 3 aromatic heterocycles. The highest BCUT2D eigenvalue weighted by Gasteiger charge is 2.28.